The fourth-order valence-corrected chi connectivity index (χ4v) is 3.01. The molecular formula is C26H24N2O5. The van der Waals surface area contributed by atoms with E-state index in [1.165, 1.54) is 7.11 Å². The average molecular weight is 444 g/mol. The summed E-state index contributed by atoms with van der Waals surface area (Å²) in [5.74, 6) is 0.593. The van der Waals surface area contributed by atoms with Gasteiger partial charge in [0.05, 0.1) is 11.6 Å². The Morgan fingerprint density at radius 2 is 1.52 bits per heavy atom. The second kappa shape index (κ2) is 11.9. The number of nitriles is 1. The van der Waals surface area contributed by atoms with Gasteiger partial charge in [-0.1, -0.05) is 41.6 Å². The predicted octanol–water partition coefficient (Wildman–Crippen LogP) is 4.58. The second-order valence-electron chi connectivity index (χ2n) is 7.17. The molecule has 3 aromatic carbocycles. The third-order valence-electron chi connectivity index (χ3n) is 4.80. The Kier molecular flexibility index (Phi) is 8.43. The first kappa shape index (κ1) is 23.4. The molecule has 0 aromatic heterocycles. The fourth-order valence-electron chi connectivity index (χ4n) is 3.01. The number of oxime groups is 1. The molecule has 0 bridgehead atoms. The minimum absolute atomic E-state index is 0.112. The third-order valence-corrected chi connectivity index (χ3v) is 4.80. The van der Waals surface area contributed by atoms with Crippen molar-refractivity contribution in [1.29, 1.82) is 5.26 Å². The maximum atomic E-state index is 10.7. The highest BCUT2D eigenvalue weighted by Crippen LogP contribution is 2.18. The number of aliphatic carboxylic acids is 1. The zero-order chi connectivity index (χ0) is 23.5. The van der Waals surface area contributed by atoms with Crippen LogP contribution in [0.25, 0.3) is 0 Å². The summed E-state index contributed by atoms with van der Waals surface area (Å²) in [7, 11) is 1.47. The van der Waals surface area contributed by atoms with Crippen molar-refractivity contribution in [3.8, 4) is 17.6 Å². The zero-order valence-corrected chi connectivity index (χ0v) is 18.2. The lowest BCUT2D eigenvalue weighted by molar-refractivity contribution is -0.136. The number of rotatable bonds is 11. The van der Waals surface area contributed by atoms with Gasteiger partial charge in [0.1, 0.15) is 37.5 Å². The van der Waals surface area contributed by atoms with Crippen molar-refractivity contribution < 1.29 is 24.2 Å². The molecule has 3 aromatic rings. The van der Waals surface area contributed by atoms with E-state index in [1.807, 2.05) is 48.5 Å². The first-order chi connectivity index (χ1) is 16.1. The molecule has 0 radical (unpaired) electrons. The lowest BCUT2D eigenvalue weighted by Gasteiger charge is -2.10. The first-order valence-corrected chi connectivity index (χ1v) is 10.3. The minimum atomic E-state index is -0.806. The molecule has 0 unspecified atom stereocenters. The molecule has 168 valence electrons. The molecule has 0 amide bonds. The molecule has 0 aliphatic rings. The van der Waals surface area contributed by atoms with Crippen LogP contribution in [0.1, 0.15) is 28.7 Å². The van der Waals surface area contributed by atoms with Crippen LogP contribution in [-0.4, -0.2) is 30.5 Å². The standard InChI is InChI=1S/C26H24N2O5/c1-31-28-25(22-9-2-20(16-27)3-10-22)18-33-24-13-6-21(7-14-24)17-32-23-11-4-19(5-12-23)8-15-26(29)30/h2-7,9-14H,8,15,17-18H2,1H3,(H,29,30). The van der Waals surface area contributed by atoms with Crippen molar-refractivity contribution in [2.24, 2.45) is 5.16 Å². The third kappa shape index (κ3) is 7.40. The maximum Gasteiger partial charge on any atom is 0.303 e. The summed E-state index contributed by atoms with van der Waals surface area (Å²) >= 11 is 0. The maximum absolute atomic E-state index is 10.7. The van der Waals surface area contributed by atoms with Crippen LogP contribution in [0.2, 0.25) is 0 Å². The molecular weight excluding hydrogens is 420 g/mol. The average Bonchev–Trinajstić information content (AvgIpc) is 2.85. The van der Waals surface area contributed by atoms with Crippen LogP contribution in [0, 0.1) is 11.3 Å². The van der Waals surface area contributed by atoms with Gasteiger partial charge in [0.25, 0.3) is 0 Å². The van der Waals surface area contributed by atoms with Crippen molar-refractivity contribution in [3.05, 3.63) is 95.1 Å². The van der Waals surface area contributed by atoms with Crippen LogP contribution in [0.3, 0.4) is 0 Å². The van der Waals surface area contributed by atoms with E-state index in [0.29, 0.717) is 30.1 Å². The molecule has 0 spiro atoms. The van der Waals surface area contributed by atoms with E-state index in [9.17, 15) is 4.79 Å². The van der Waals surface area contributed by atoms with Gasteiger partial charge >= 0.3 is 5.97 Å². The molecule has 7 nitrogen and oxygen atoms in total. The number of benzene rings is 3. The Morgan fingerprint density at radius 3 is 2.09 bits per heavy atom. The van der Waals surface area contributed by atoms with Gasteiger partial charge in [-0.25, -0.2) is 0 Å². The number of carboxylic acids is 1. The van der Waals surface area contributed by atoms with Gasteiger partial charge < -0.3 is 19.4 Å². The van der Waals surface area contributed by atoms with Crippen molar-refractivity contribution in [2.75, 3.05) is 13.7 Å². The molecule has 33 heavy (non-hydrogen) atoms. The van der Waals surface area contributed by atoms with Gasteiger partial charge in [0.2, 0.25) is 0 Å². The monoisotopic (exact) mass is 444 g/mol. The second-order valence-corrected chi connectivity index (χ2v) is 7.17. The van der Waals surface area contributed by atoms with E-state index in [1.54, 1.807) is 24.3 Å². The Morgan fingerprint density at radius 1 is 0.909 bits per heavy atom. The molecule has 0 aliphatic carbocycles. The largest absolute Gasteiger partial charge is 0.489 e. The van der Waals surface area contributed by atoms with E-state index < -0.39 is 5.97 Å². The van der Waals surface area contributed by atoms with Crippen molar-refractivity contribution >= 4 is 11.7 Å². The smallest absolute Gasteiger partial charge is 0.303 e. The normalized spacial score (nSPS) is 10.8. The lowest BCUT2D eigenvalue weighted by atomic mass is 10.1. The number of hydrogen-bond acceptors (Lipinski definition) is 6. The SMILES string of the molecule is CON=C(COc1ccc(COc2ccc(CCC(=O)O)cc2)cc1)c1ccc(C#N)cc1. The number of carbonyl (C=O) groups is 1. The van der Waals surface area contributed by atoms with Gasteiger partial charge in [-0.3, -0.25) is 4.79 Å². The summed E-state index contributed by atoms with van der Waals surface area (Å²) in [5, 5.41) is 21.7. The zero-order valence-electron chi connectivity index (χ0n) is 18.2. The topological polar surface area (TPSA) is 101 Å². The number of aryl methyl sites for hydroxylation is 1. The Bertz CT molecular complexity index is 1120. The summed E-state index contributed by atoms with van der Waals surface area (Å²) in [4.78, 5) is 15.6. The van der Waals surface area contributed by atoms with E-state index in [-0.39, 0.29) is 13.0 Å². The van der Waals surface area contributed by atoms with Crippen molar-refractivity contribution in [2.45, 2.75) is 19.4 Å². The number of nitrogens with zero attached hydrogens (tertiary/aromatic N) is 2. The van der Waals surface area contributed by atoms with Gasteiger partial charge in [-0.15, -0.1) is 0 Å². The number of carboxylic acid groups (broad SMARTS) is 1. The van der Waals surface area contributed by atoms with E-state index in [2.05, 4.69) is 11.2 Å². The van der Waals surface area contributed by atoms with Crippen molar-refractivity contribution in [1.82, 2.24) is 0 Å². The molecule has 3 rings (SSSR count). The molecule has 0 atom stereocenters. The molecule has 0 aliphatic heterocycles. The van der Waals surface area contributed by atoms with Gasteiger partial charge in [0.15, 0.2) is 0 Å². The number of hydrogen-bond donors (Lipinski definition) is 1. The summed E-state index contributed by atoms with van der Waals surface area (Å²) in [6, 6.07) is 24.1. The Labute approximate surface area is 192 Å². The molecule has 1 N–H and O–H groups in total. The molecule has 0 saturated carbocycles. The van der Waals surface area contributed by atoms with Gasteiger partial charge in [0, 0.05) is 12.0 Å². The van der Waals surface area contributed by atoms with E-state index in [0.717, 1.165) is 22.4 Å². The quantitative estimate of drug-likeness (QED) is 0.343. The van der Waals surface area contributed by atoms with Gasteiger partial charge in [-0.2, -0.15) is 5.26 Å². The van der Waals surface area contributed by atoms with Crippen molar-refractivity contribution in [3.63, 3.8) is 0 Å². The Balaban J connectivity index is 1.51. The lowest BCUT2D eigenvalue weighted by Crippen LogP contribution is -2.13. The number of ether oxygens (including phenoxy) is 2. The summed E-state index contributed by atoms with van der Waals surface area (Å²) < 4.78 is 11.6. The summed E-state index contributed by atoms with van der Waals surface area (Å²) in [6.45, 7) is 0.611. The molecule has 7 heteroatoms. The van der Waals surface area contributed by atoms with E-state index in [4.69, 9.17) is 24.7 Å². The highest BCUT2D eigenvalue weighted by atomic mass is 16.6. The summed E-state index contributed by atoms with van der Waals surface area (Å²) in [5.41, 5.74) is 3.94. The first-order valence-electron chi connectivity index (χ1n) is 10.3. The van der Waals surface area contributed by atoms with Gasteiger partial charge in [-0.05, 0) is 53.9 Å². The summed E-state index contributed by atoms with van der Waals surface area (Å²) in [6.07, 6.45) is 0.611. The highest BCUT2D eigenvalue weighted by molar-refractivity contribution is 6.01. The Hall–Kier alpha value is -4.31. The molecule has 0 heterocycles. The van der Waals surface area contributed by atoms with Crippen LogP contribution < -0.4 is 9.47 Å². The predicted molar refractivity (Wildman–Crippen MR) is 123 cm³/mol. The molecule has 0 fully saturated rings. The molecule has 0 saturated heterocycles. The van der Waals surface area contributed by atoms with Crippen LogP contribution >= 0.6 is 0 Å². The van der Waals surface area contributed by atoms with Crippen LogP contribution in [0.15, 0.2) is 78.0 Å². The van der Waals surface area contributed by atoms with Crippen LogP contribution in [0.4, 0.5) is 0 Å². The fraction of sp³-hybridized carbons (Fsp3) is 0.192. The van der Waals surface area contributed by atoms with Crippen LogP contribution in [-0.2, 0) is 22.7 Å². The minimum Gasteiger partial charge on any atom is -0.489 e. The van der Waals surface area contributed by atoms with Crippen LogP contribution in [0.5, 0.6) is 11.5 Å². The highest BCUT2D eigenvalue weighted by Gasteiger charge is 2.07. The van der Waals surface area contributed by atoms with E-state index >= 15 is 0 Å².